The third-order valence-corrected chi connectivity index (χ3v) is 4.40. The lowest BCUT2D eigenvalue weighted by atomic mass is 9.89. The normalized spacial score (nSPS) is 18.2. The fraction of sp³-hybridized carbons (Fsp3) is 0.588. The maximum Gasteiger partial charge on any atom is 0.231 e. The first-order valence-corrected chi connectivity index (χ1v) is 7.84. The fourth-order valence-electron chi connectivity index (χ4n) is 3.28. The van der Waals surface area contributed by atoms with Gasteiger partial charge in [0, 0.05) is 12.1 Å². The highest BCUT2D eigenvalue weighted by molar-refractivity contribution is 5.98. The Balaban J connectivity index is 1.55. The Hall–Kier alpha value is -1.55. The van der Waals surface area contributed by atoms with Gasteiger partial charge in [-0.05, 0) is 44.0 Å². The highest BCUT2D eigenvalue weighted by Crippen LogP contribution is 2.32. The van der Waals surface area contributed by atoms with Gasteiger partial charge in [-0.15, -0.1) is 0 Å². The average Bonchev–Trinajstić information content (AvgIpc) is 2.95. The molecule has 1 aliphatic carbocycles. The molecule has 4 nitrogen and oxygen atoms in total. The fourth-order valence-corrected chi connectivity index (χ4v) is 3.28. The van der Waals surface area contributed by atoms with Crippen LogP contribution in [-0.2, 0) is 0 Å². The zero-order valence-corrected chi connectivity index (χ0v) is 12.6. The van der Waals surface area contributed by atoms with Crippen LogP contribution in [0.15, 0.2) is 18.2 Å². The molecule has 0 amide bonds. The Morgan fingerprint density at radius 3 is 2.76 bits per heavy atom. The number of fused-ring (bicyclic) bond motifs is 1. The van der Waals surface area contributed by atoms with Crippen LogP contribution in [0.5, 0.6) is 11.5 Å². The number of likely N-dealkylation sites (N-methyl/N-ethyl adjacent to an activating group) is 1. The van der Waals surface area contributed by atoms with Gasteiger partial charge in [-0.3, -0.25) is 9.69 Å². The van der Waals surface area contributed by atoms with Gasteiger partial charge in [0.2, 0.25) is 6.79 Å². The predicted molar refractivity (Wildman–Crippen MR) is 81.0 cm³/mol. The standard InChI is InChI=1S/C17H23NO3/c1-18(10-13-5-3-2-4-6-13)11-15(19)14-7-8-16-17(9-14)21-12-20-16/h7-9,13H,2-6,10-12H2,1H3. The molecular formula is C17H23NO3. The molecule has 1 fully saturated rings. The van der Waals surface area contributed by atoms with E-state index in [0.717, 1.165) is 18.2 Å². The second-order valence-corrected chi connectivity index (χ2v) is 6.19. The number of hydrogen-bond acceptors (Lipinski definition) is 4. The summed E-state index contributed by atoms with van der Waals surface area (Å²) in [5.41, 5.74) is 0.703. The number of Topliss-reactive ketones (excluding diaryl/α,β-unsaturated/α-hetero) is 1. The highest BCUT2D eigenvalue weighted by atomic mass is 16.7. The van der Waals surface area contributed by atoms with Gasteiger partial charge in [-0.1, -0.05) is 19.3 Å². The molecule has 0 aromatic heterocycles. The smallest absolute Gasteiger partial charge is 0.231 e. The van der Waals surface area contributed by atoms with E-state index in [1.165, 1.54) is 32.1 Å². The molecule has 4 heteroatoms. The number of nitrogens with zero attached hydrogens (tertiary/aromatic N) is 1. The molecule has 1 heterocycles. The minimum Gasteiger partial charge on any atom is -0.454 e. The van der Waals surface area contributed by atoms with E-state index in [-0.39, 0.29) is 12.6 Å². The van der Waals surface area contributed by atoms with Crippen molar-refractivity contribution in [2.24, 2.45) is 5.92 Å². The molecule has 3 rings (SSSR count). The van der Waals surface area contributed by atoms with Crippen LogP contribution in [0.1, 0.15) is 42.5 Å². The van der Waals surface area contributed by atoms with Crippen molar-refractivity contribution in [3.8, 4) is 11.5 Å². The molecule has 0 unspecified atom stereocenters. The number of rotatable bonds is 5. The Kier molecular flexibility index (Phi) is 4.44. The van der Waals surface area contributed by atoms with Crippen LogP contribution in [-0.4, -0.2) is 37.6 Å². The van der Waals surface area contributed by atoms with Crippen molar-refractivity contribution in [2.75, 3.05) is 26.9 Å². The highest BCUT2D eigenvalue weighted by Gasteiger charge is 2.19. The molecule has 0 N–H and O–H groups in total. The summed E-state index contributed by atoms with van der Waals surface area (Å²) in [5, 5.41) is 0. The number of ether oxygens (including phenoxy) is 2. The largest absolute Gasteiger partial charge is 0.454 e. The maximum absolute atomic E-state index is 12.4. The van der Waals surface area contributed by atoms with Crippen LogP contribution in [0, 0.1) is 5.92 Å². The van der Waals surface area contributed by atoms with Crippen molar-refractivity contribution >= 4 is 5.78 Å². The summed E-state index contributed by atoms with van der Waals surface area (Å²) in [4.78, 5) is 14.5. The zero-order chi connectivity index (χ0) is 14.7. The summed E-state index contributed by atoms with van der Waals surface area (Å²) in [6.45, 7) is 1.74. The van der Waals surface area contributed by atoms with Crippen LogP contribution in [0.2, 0.25) is 0 Å². The van der Waals surface area contributed by atoms with E-state index in [9.17, 15) is 4.79 Å². The van der Waals surface area contributed by atoms with E-state index in [1.807, 2.05) is 19.2 Å². The average molecular weight is 289 g/mol. The first-order chi connectivity index (χ1) is 10.2. The summed E-state index contributed by atoms with van der Waals surface area (Å²) in [5.74, 6) is 2.30. The van der Waals surface area contributed by atoms with E-state index in [2.05, 4.69) is 4.90 Å². The van der Waals surface area contributed by atoms with Crippen molar-refractivity contribution in [1.82, 2.24) is 4.90 Å². The van der Waals surface area contributed by atoms with Crippen molar-refractivity contribution in [3.05, 3.63) is 23.8 Å². The first kappa shape index (κ1) is 14.4. The molecule has 2 aliphatic rings. The van der Waals surface area contributed by atoms with Crippen LogP contribution in [0.3, 0.4) is 0 Å². The summed E-state index contributed by atoms with van der Waals surface area (Å²) >= 11 is 0. The first-order valence-electron chi connectivity index (χ1n) is 7.84. The zero-order valence-electron chi connectivity index (χ0n) is 12.6. The Morgan fingerprint density at radius 2 is 1.95 bits per heavy atom. The third kappa shape index (κ3) is 3.56. The van der Waals surface area contributed by atoms with E-state index in [4.69, 9.17) is 9.47 Å². The quantitative estimate of drug-likeness (QED) is 0.781. The molecule has 114 valence electrons. The van der Waals surface area contributed by atoms with Crippen LogP contribution in [0.25, 0.3) is 0 Å². The van der Waals surface area contributed by atoms with Crippen molar-refractivity contribution in [2.45, 2.75) is 32.1 Å². The van der Waals surface area contributed by atoms with Gasteiger partial charge in [0.15, 0.2) is 17.3 Å². The summed E-state index contributed by atoms with van der Waals surface area (Å²) < 4.78 is 10.6. The SMILES string of the molecule is CN(CC(=O)c1ccc2c(c1)OCO2)CC1CCCCC1. The van der Waals surface area contributed by atoms with Crippen molar-refractivity contribution < 1.29 is 14.3 Å². The molecular weight excluding hydrogens is 266 g/mol. The number of benzene rings is 1. The number of carbonyl (C=O) groups excluding carboxylic acids is 1. The van der Waals surface area contributed by atoms with Gasteiger partial charge < -0.3 is 9.47 Å². The van der Waals surface area contributed by atoms with Gasteiger partial charge in [-0.25, -0.2) is 0 Å². The topological polar surface area (TPSA) is 38.8 Å². The molecule has 1 aromatic rings. The molecule has 0 radical (unpaired) electrons. The molecule has 0 bridgehead atoms. The van der Waals surface area contributed by atoms with Crippen LogP contribution < -0.4 is 9.47 Å². The van der Waals surface area contributed by atoms with E-state index in [1.54, 1.807) is 6.07 Å². The lowest BCUT2D eigenvalue weighted by molar-refractivity contribution is 0.0932. The minimum absolute atomic E-state index is 0.145. The van der Waals surface area contributed by atoms with Crippen molar-refractivity contribution in [1.29, 1.82) is 0 Å². The monoisotopic (exact) mass is 289 g/mol. The molecule has 1 saturated carbocycles. The van der Waals surface area contributed by atoms with Gasteiger partial charge in [0.25, 0.3) is 0 Å². The summed E-state index contributed by atoms with van der Waals surface area (Å²) in [6.07, 6.45) is 6.67. The van der Waals surface area contributed by atoms with Crippen LogP contribution >= 0.6 is 0 Å². The third-order valence-electron chi connectivity index (χ3n) is 4.40. The van der Waals surface area contributed by atoms with E-state index < -0.39 is 0 Å². The molecule has 21 heavy (non-hydrogen) atoms. The Morgan fingerprint density at radius 1 is 1.19 bits per heavy atom. The second kappa shape index (κ2) is 6.48. The lowest BCUT2D eigenvalue weighted by Gasteiger charge is -2.26. The van der Waals surface area contributed by atoms with E-state index >= 15 is 0 Å². The van der Waals surface area contributed by atoms with Crippen LogP contribution in [0.4, 0.5) is 0 Å². The maximum atomic E-state index is 12.4. The van der Waals surface area contributed by atoms with Gasteiger partial charge in [0.05, 0.1) is 6.54 Å². The minimum atomic E-state index is 0.145. The Bertz CT molecular complexity index is 509. The van der Waals surface area contributed by atoms with Gasteiger partial charge in [0.1, 0.15) is 0 Å². The van der Waals surface area contributed by atoms with Gasteiger partial charge >= 0.3 is 0 Å². The van der Waals surface area contributed by atoms with Gasteiger partial charge in [-0.2, -0.15) is 0 Å². The Labute approximate surface area is 126 Å². The summed E-state index contributed by atoms with van der Waals surface area (Å²) in [6, 6.07) is 5.43. The molecule has 0 spiro atoms. The molecule has 0 saturated heterocycles. The number of ketones is 1. The molecule has 1 aliphatic heterocycles. The lowest BCUT2D eigenvalue weighted by Crippen LogP contribution is -2.31. The summed E-state index contributed by atoms with van der Waals surface area (Å²) in [7, 11) is 2.04. The molecule has 1 aromatic carbocycles. The molecule has 0 atom stereocenters. The second-order valence-electron chi connectivity index (χ2n) is 6.19. The van der Waals surface area contributed by atoms with Crippen molar-refractivity contribution in [3.63, 3.8) is 0 Å². The van der Waals surface area contributed by atoms with E-state index in [0.29, 0.717) is 17.9 Å². The number of carbonyl (C=O) groups is 1. The number of hydrogen-bond donors (Lipinski definition) is 0. The predicted octanol–water partition coefficient (Wildman–Crippen LogP) is 3.11.